The molecule has 0 amide bonds. The molecular formula is C25H19N5O2. The first kappa shape index (κ1) is 19.6. The van der Waals surface area contributed by atoms with Crippen LogP contribution in [0.25, 0.3) is 16.7 Å². The van der Waals surface area contributed by atoms with Crippen LogP contribution < -0.4 is 5.32 Å². The number of ketones is 2. The Bertz CT molecular complexity index is 1490. The summed E-state index contributed by atoms with van der Waals surface area (Å²) in [6.45, 7) is 3.39. The lowest BCUT2D eigenvalue weighted by atomic mass is 10.0. The second-order valence-corrected chi connectivity index (χ2v) is 7.52. The van der Waals surface area contributed by atoms with E-state index in [1.165, 1.54) is 6.92 Å². The number of anilines is 2. The first-order valence-corrected chi connectivity index (χ1v) is 10.1. The molecule has 2 heterocycles. The lowest BCUT2D eigenvalue weighted by Crippen LogP contribution is -2.05. The molecule has 7 heteroatoms. The maximum absolute atomic E-state index is 12.9. The molecule has 0 aliphatic heterocycles. The number of hydrogen-bond donors (Lipinski definition) is 1. The third-order valence-electron chi connectivity index (χ3n) is 5.34. The zero-order chi connectivity index (χ0) is 22.2. The van der Waals surface area contributed by atoms with Gasteiger partial charge in [0.1, 0.15) is 5.82 Å². The highest BCUT2D eigenvalue weighted by atomic mass is 16.1. The topological polar surface area (TPSA) is 89.2 Å². The Labute approximate surface area is 183 Å². The van der Waals surface area contributed by atoms with E-state index in [0.29, 0.717) is 39.5 Å². The minimum atomic E-state index is -0.0564. The second kappa shape index (κ2) is 7.70. The van der Waals surface area contributed by atoms with Crippen LogP contribution in [0.4, 0.5) is 11.5 Å². The molecule has 0 saturated heterocycles. The van der Waals surface area contributed by atoms with Gasteiger partial charge in [-0.15, -0.1) is 10.2 Å². The number of Topliss-reactive ketones (excluding diaryl/α,β-unsaturated/α-hetero) is 1. The van der Waals surface area contributed by atoms with Crippen molar-refractivity contribution >= 4 is 39.8 Å². The summed E-state index contributed by atoms with van der Waals surface area (Å²) in [4.78, 5) is 29.2. The molecule has 7 nitrogen and oxygen atoms in total. The summed E-state index contributed by atoms with van der Waals surface area (Å²) in [5, 5.41) is 11.8. The van der Waals surface area contributed by atoms with Gasteiger partial charge in [-0.25, -0.2) is 4.98 Å². The van der Waals surface area contributed by atoms with Gasteiger partial charge in [0, 0.05) is 22.4 Å². The number of hydrogen-bond acceptors (Lipinski definition) is 6. The van der Waals surface area contributed by atoms with Gasteiger partial charge in [-0.3, -0.25) is 14.0 Å². The quantitative estimate of drug-likeness (QED) is 0.412. The van der Waals surface area contributed by atoms with Gasteiger partial charge in [0.05, 0.1) is 11.0 Å². The fraction of sp³-hybridized carbons (Fsp3) is 0.0800. The number of carbonyl (C=O) groups is 2. The summed E-state index contributed by atoms with van der Waals surface area (Å²) in [6.07, 6.45) is 0. The lowest BCUT2D eigenvalue weighted by Gasteiger charge is -2.11. The minimum Gasteiger partial charge on any atom is -0.337 e. The van der Waals surface area contributed by atoms with Gasteiger partial charge in [0.2, 0.25) is 5.65 Å². The number of benzene rings is 3. The molecule has 5 rings (SSSR count). The van der Waals surface area contributed by atoms with Crippen LogP contribution in [0.3, 0.4) is 0 Å². The van der Waals surface area contributed by atoms with Crippen molar-refractivity contribution in [3.8, 4) is 0 Å². The molecule has 0 unspecified atom stereocenters. The van der Waals surface area contributed by atoms with Crippen molar-refractivity contribution in [2.45, 2.75) is 13.8 Å². The zero-order valence-electron chi connectivity index (χ0n) is 17.5. The van der Waals surface area contributed by atoms with Crippen molar-refractivity contribution in [1.29, 1.82) is 0 Å². The smallest absolute Gasteiger partial charge is 0.204 e. The molecule has 2 aromatic heterocycles. The van der Waals surface area contributed by atoms with Crippen LogP contribution in [-0.2, 0) is 0 Å². The maximum atomic E-state index is 12.9. The third kappa shape index (κ3) is 3.39. The van der Waals surface area contributed by atoms with E-state index in [4.69, 9.17) is 4.98 Å². The van der Waals surface area contributed by atoms with E-state index < -0.39 is 0 Å². The highest BCUT2D eigenvalue weighted by Crippen LogP contribution is 2.26. The van der Waals surface area contributed by atoms with Gasteiger partial charge in [-0.05, 0) is 56.3 Å². The summed E-state index contributed by atoms with van der Waals surface area (Å²) in [5.41, 5.74) is 4.62. The summed E-state index contributed by atoms with van der Waals surface area (Å²) < 4.78 is 1.89. The molecule has 0 fully saturated rings. The van der Waals surface area contributed by atoms with Crippen molar-refractivity contribution in [1.82, 2.24) is 19.6 Å². The lowest BCUT2D eigenvalue weighted by molar-refractivity contribution is 0.101. The normalized spacial score (nSPS) is 11.1. The largest absolute Gasteiger partial charge is 0.337 e. The van der Waals surface area contributed by atoms with E-state index in [9.17, 15) is 9.59 Å². The summed E-state index contributed by atoms with van der Waals surface area (Å²) in [5.74, 6) is 1.18. The second-order valence-electron chi connectivity index (χ2n) is 7.52. The Hall–Kier alpha value is -4.39. The van der Waals surface area contributed by atoms with Crippen molar-refractivity contribution in [3.63, 3.8) is 0 Å². The van der Waals surface area contributed by atoms with E-state index in [0.717, 1.165) is 11.2 Å². The first-order chi connectivity index (χ1) is 15.5. The van der Waals surface area contributed by atoms with Crippen molar-refractivity contribution in [3.05, 3.63) is 95.3 Å². The van der Waals surface area contributed by atoms with Gasteiger partial charge in [0.25, 0.3) is 0 Å². The van der Waals surface area contributed by atoms with Crippen LogP contribution in [0.2, 0.25) is 0 Å². The van der Waals surface area contributed by atoms with Crippen LogP contribution in [0.5, 0.6) is 0 Å². The Morgan fingerprint density at radius 3 is 2.28 bits per heavy atom. The first-order valence-electron chi connectivity index (χ1n) is 10.1. The Balaban J connectivity index is 1.60. The highest BCUT2D eigenvalue weighted by Gasteiger charge is 2.16. The van der Waals surface area contributed by atoms with E-state index in [2.05, 4.69) is 15.5 Å². The SMILES string of the molecule is CC(=O)c1ccc(Nc2nc3ccc(C(=O)c4ccccc4)cc3n3c(C)nnc23)cc1. The van der Waals surface area contributed by atoms with Gasteiger partial charge in [-0.2, -0.15) is 0 Å². The van der Waals surface area contributed by atoms with Crippen molar-refractivity contribution < 1.29 is 9.59 Å². The Morgan fingerprint density at radius 1 is 0.844 bits per heavy atom. The molecule has 5 aromatic rings. The molecular weight excluding hydrogens is 402 g/mol. The molecule has 156 valence electrons. The summed E-state index contributed by atoms with van der Waals surface area (Å²) in [7, 11) is 0. The van der Waals surface area contributed by atoms with Crippen LogP contribution in [-0.4, -0.2) is 31.1 Å². The van der Waals surface area contributed by atoms with Gasteiger partial charge in [-0.1, -0.05) is 30.3 Å². The predicted molar refractivity (Wildman–Crippen MR) is 123 cm³/mol. The Morgan fingerprint density at radius 2 is 1.56 bits per heavy atom. The molecule has 0 radical (unpaired) electrons. The fourth-order valence-corrected chi connectivity index (χ4v) is 3.68. The van der Waals surface area contributed by atoms with E-state index >= 15 is 0 Å². The molecule has 3 aromatic carbocycles. The number of carbonyl (C=O) groups excluding carboxylic acids is 2. The standard InChI is InChI=1S/C25H19N5O2/c1-15(31)17-8-11-20(12-9-17)26-24-25-29-28-16(2)30(25)22-14-19(10-13-21(22)27-24)23(32)18-6-4-3-5-7-18/h3-14H,1-2H3,(H,26,27). The monoisotopic (exact) mass is 421 g/mol. The van der Waals surface area contributed by atoms with Crippen LogP contribution in [0.1, 0.15) is 39.0 Å². The van der Waals surface area contributed by atoms with Crippen LogP contribution >= 0.6 is 0 Å². The van der Waals surface area contributed by atoms with Crippen LogP contribution in [0, 0.1) is 6.92 Å². The molecule has 1 N–H and O–H groups in total. The molecule has 0 aliphatic rings. The van der Waals surface area contributed by atoms with E-state index in [-0.39, 0.29) is 11.6 Å². The highest BCUT2D eigenvalue weighted by molar-refractivity contribution is 6.10. The molecule has 32 heavy (non-hydrogen) atoms. The molecule has 0 bridgehead atoms. The predicted octanol–water partition coefficient (Wildman–Crippen LogP) is 4.76. The van der Waals surface area contributed by atoms with E-state index in [1.54, 1.807) is 30.3 Å². The average Bonchev–Trinajstić information content (AvgIpc) is 3.21. The van der Waals surface area contributed by atoms with E-state index in [1.807, 2.05) is 53.8 Å². The number of fused-ring (bicyclic) bond motifs is 3. The number of nitrogens with zero attached hydrogens (tertiary/aromatic N) is 4. The molecule has 0 saturated carbocycles. The Kier molecular flexibility index (Phi) is 4.71. The number of rotatable bonds is 5. The molecule has 0 atom stereocenters. The zero-order valence-corrected chi connectivity index (χ0v) is 17.5. The van der Waals surface area contributed by atoms with Crippen molar-refractivity contribution in [2.75, 3.05) is 5.32 Å². The third-order valence-corrected chi connectivity index (χ3v) is 5.34. The van der Waals surface area contributed by atoms with Crippen LogP contribution in [0.15, 0.2) is 72.8 Å². The molecule has 0 spiro atoms. The minimum absolute atomic E-state index is 0.0108. The number of nitrogens with one attached hydrogen (secondary N) is 1. The molecule has 0 aliphatic carbocycles. The fourth-order valence-electron chi connectivity index (χ4n) is 3.68. The van der Waals surface area contributed by atoms with Gasteiger partial charge >= 0.3 is 0 Å². The number of aryl methyl sites for hydroxylation is 1. The average molecular weight is 421 g/mol. The summed E-state index contributed by atoms with van der Waals surface area (Å²) in [6, 6.07) is 21.8. The number of aromatic nitrogens is 4. The van der Waals surface area contributed by atoms with Gasteiger partial charge in [0.15, 0.2) is 17.4 Å². The summed E-state index contributed by atoms with van der Waals surface area (Å²) >= 11 is 0. The van der Waals surface area contributed by atoms with Gasteiger partial charge < -0.3 is 5.32 Å². The maximum Gasteiger partial charge on any atom is 0.204 e. The van der Waals surface area contributed by atoms with Crippen molar-refractivity contribution in [2.24, 2.45) is 0 Å².